The summed E-state index contributed by atoms with van der Waals surface area (Å²) in [6, 6.07) is 8.58. The smallest absolute Gasteiger partial charge is 0.349 e. The fraction of sp³-hybridized carbons (Fsp3) is 0.375. The average Bonchev–Trinajstić information content (AvgIpc) is 2.49. The normalized spacial score (nSPS) is 22.1. The molecule has 0 bridgehead atoms. The lowest BCUT2D eigenvalue weighted by Crippen LogP contribution is -2.49. The number of fused-ring (bicyclic) bond motifs is 1. The van der Waals surface area contributed by atoms with Crippen LogP contribution in [0, 0.1) is 0 Å². The van der Waals surface area contributed by atoms with Gasteiger partial charge >= 0.3 is 5.63 Å². The van der Waals surface area contributed by atoms with Gasteiger partial charge in [0, 0.05) is 17.5 Å². The zero-order chi connectivity index (χ0) is 14.8. The molecule has 1 aromatic carbocycles. The van der Waals surface area contributed by atoms with Gasteiger partial charge in [0.05, 0.1) is 0 Å². The Bertz CT molecular complexity index is 723. The van der Waals surface area contributed by atoms with Gasteiger partial charge in [0.1, 0.15) is 11.1 Å². The van der Waals surface area contributed by atoms with E-state index in [1.54, 1.807) is 24.3 Å². The van der Waals surface area contributed by atoms with Crippen LogP contribution < -0.4 is 16.7 Å². The van der Waals surface area contributed by atoms with Crippen LogP contribution >= 0.6 is 0 Å². The predicted molar refractivity (Wildman–Crippen MR) is 80.2 cm³/mol. The number of para-hydroxylation sites is 1. The van der Waals surface area contributed by atoms with Crippen LogP contribution in [0.2, 0.25) is 0 Å². The van der Waals surface area contributed by atoms with E-state index in [0.717, 1.165) is 31.1 Å². The van der Waals surface area contributed by atoms with Crippen LogP contribution in [-0.4, -0.2) is 18.0 Å². The van der Waals surface area contributed by atoms with Crippen LogP contribution in [0.4, 0.5) is 0 Å². The molecule has 0 aliphatic heterocycles. The number of hydrogen-bond donors (Lipinski definition) is 2. The summed E-state index contributed by atoms with van der Waals surface area (Å²) in [5, 5.41) is 3.60. The van der Waals surface area contributed by atoms with E-state index in [-0.39, 0.29) is 17.6 Å². The van der Waals surface area contributed by atoms with Crippen LogP contribution in [0.1, 0.15) is 36.0 Å². The van der Waals surface area contributed by atoms with E-state index in [1.807, 2.05) is 6.07 Å². The van der Waals surface area contributed by atoms with Gasteiger partial charge < -0.3 is 15.5 Å². The molecule has 5 heteroatoms. The highest BCUT2D eigenvalue weighted by atomic mass is 16.4. The van der Waals surface area contributed by atoms with E-state index >= 15 is 0 Å². The van der Waals surface area contributed by atoms with E-state index in [0.29, 0.717) is 5.58 Å². The molecule has 21 heavy (non-hydrogen) atoms. The highest BCUT2D eigenvalue weighted by molar-refractivity contribution is 5.96. The number of hydrogen-bond acceptors (Lipinski definition) is 4. The zero-order valence-electron chi connectivity index (χ0n) is 11.7. The lowest BCUT2D eigenvalue weighted by atomic mass is 9.91. The van der Waals surface area contributed by atoms with Gasteiger partial charge in [-0.05, 0) is 25.0 Å². The fourth-order valence-corrected chi connectivity index (χ4v) is 2.81. The van der Waals surface area contributed by atoms with Crippen molar-refractivity contribution in [3.8, 4) is 0 Å². The molecule has 1 aromatic heterocycles. The summed E-state index contributed by atoms with van der Waals surface area (Å²) in [6.07, 6.45) is 3.89. The Hall–Kier alpha value is -2.14. The lowest BCUT2D eigenvalue weighted by molar-refractivity contribution is 0.0917. The molecule has 1 amide bonds. The summed E-state index contributed by atoms with van der Waals surface area (Å²) in [5.74, 6) is -0.406. The number of nitrogens with one attached hydrogen (secondary N) is 1. The van der Waals surface area contributed by atoms with Crippen molar-refractivity contribution < 1.29 is 9.21 Å². The molecule has 5 nitrogen and oxygen atoms in total. The standard InChI is InChI=1S/C16H18N2O3/c17-12-6-2-3-7-13(12)18-15(19)11-9-10-5-1-4-8-14(10)21-16(11)20/h1,4-5,8-9,12-13H,2-3,6-7,17H2,(H,18,19). The third kappa shape index (κ3) is 2.83. The number of carbonyl (C=O) groups excluding carboxylic acids is 1. The van der Waals surface area contributed by atoms with Crippen LogP contribution in [0.3, 0.4) is 0 Å². The number of nitrogens with two attached hydrogens (primary N) is 1. The van der Waals surface area contributed by atoms with Crippen LogP contribution in [0.25, 0.3) is 11.0 Å². The monoisotopic (exact) mass is 286 g/mol. The van der Waals surface area contributed by atoms with Crippen molar-refractivity contribution in [1.82, 2.24) is 5.32 Å². The summed E-state index contributed by atoms with van der Waals surface area (Å²) >= 11 is 0. The summed E-state index contributed by atoms with van der Waals surface area (Å²) in [5.41, 5.74) is 5.92. The highest BCUT2D eigenvalue weighted by Gasteiger charge is 2.25. The van der Waals surface area contributed by atoms with Crippen molar-refractivity contribution in [3.63, 3.8) is 0 Å². The van der Waals surface area contributed by atoms with Crippen molar-refractivity contribution in [2.45, 2.75) is 37.8 Å². The van der Waals surface area contributed by atoms with Gasteiger partial charge in [-0.3, -0.25) is 4.79 Å². The first-order valence-electron chi connectivity index (χ1n) is 7.24. The summed E-state index contributed by atoms with van der Waals surface area (Å²) in [4.78, 5) is 24.2. The van der Waals surface area contributed by atoms with Crippen molar-refractivity contribution in [2.24, 2.45) is 5.73 Å². The molecular formula is C16H18N2O3. The van der Waals surface area contributed by atoms with E-state index < -0.39 is 11.5 Å². The minimum atomic E-state index is -0.615. The second-order valence-corrected chi connectivity index (χ2v) is 5.51. The van der Waals surface area contributed by atoms with E-state index in [4.69, 9.17) is 10.2 Å². The quantitative estimate of drug-likeness (QED) is 0.824. The first-order valence-corrected chi connectivity index (χ1v) is 7.24. The Labute approximate surface area is 122 Å². The maximum atomic E-state index is 12.3. The molecule has 2 atom stereocenters. The predicted octanol–water partition coefficient (Wildman–Crippen LogP) is 1.79. The van der Waals surface area contributed by atoms with Crippen molar-refractivity contribution >= 4 is 16.9 Å². The van der Waals surface area contributed by atoms with Crippen LogP contribution in [0.5, 0.6) is 0 Å². The average molecular weight is 286 g/mol. The largest absolute Gasteiger partial charge is 0.422 e. The SMILES string of the molecule is NC1CCCCC1NC(=O)c1cc2ccccc2oc1=O. The van der Waals surface area contributed by atoms with E-state index in [2.05, 4.69) is 5.32 Å². The molecule has 3 rings (SSSR count). The van der Waals surface area contributed by atoms with Gasteiger partial charge in [-0.15, -0.1) is 0 Å². The minimum absolute atomic E-state index is 0.0338. The zero-order valence-corrected chi connectivity index (χ0v) is 11.7. The van der Waals surface area contributed by atoms with Crippen molar-refractivity contribution in [1.29, 1.82) is 0 Å². The molecule has 110 valence electrons. The lowest BCUT2D eigenvalue weighted by Gasteiger charge is -2.29. The Morgan fingerprint density at radius 2 is 2.00 bits per heavy atom. The van der Waals surface area contributed by atoms with Crippen LogP contribution in [0.15, 0.2) is 39.5 Å². The molecule has 0 spiro atoms. The summed E-state index contributed by atoms with van der Waals surface area (Å²) in [7, 11) is 0. The van der Waals surface area contributed by atoms with E-state index in [1.165, 1.54) is 0 Å². The molecule has 1 heterocycles. The number of benzene rings is 1. The van der Waals surface area contributed by atoms with Gasteiger partial charge in [-0.25, -0.2) is 4.79 Å². The van der Waals surface area contributed by atoms with E-state index in [9.17, 15) is 9.59 Å². The first kappa shape index (κ1) is 13.8. The summed E-state index contributed by atoms with van der Waals surface area (Å²) < 4.78 is 5.18. The summed E-state index contributed by atoms with van der Waals surface area (Å²) in [6.45, 7) is 0. The minimum Gasteiger partial charge on any atom is -0.422 e. The maximum Gasteiger partial charge on any atom is 0.349 e. The molecule has 1 aliphatic rings. The Balaban J connectivity index is 1.87. The van der Waals surface area contributed by atoms with Crippen molar-refractivity contribution in [3.05, 3.63) is 46.3 Å². The molecule has 3 N–H and O–H groups in total. The second kappa shape index (κ2) is 5.69. The second-order valence-electron chi connectivity index (χ2n) is 5.51. The Morgan fingerprint density at radius 1 is 1.24 bits per heavy atom. The topological polar surface area (TPSA) is 85.3 Å². The fourth-order valence-electron chi connectivity index (χ4n) is 2.81. The number of rotatable bonds is 2. The highest BCUT2D eigenvalue weighted by Crippen LogP contribution is 2.18. The Kier molecular flexibility index (Phi) is 3.75. The molecule has 1 aliphatic carbocycles. The third-order valence-corrected chi connectivity index (χ3v) is 4.02. The molecule has 0 saturated heterocycles. The van der Waals surface area contributed by atoms with Gasteiger partial charge in [0.15, 0.2) is 0 Å². The number of amides is 1. The maximum absolute atomic E-state index is 12.3. The Morgan fingerprint density at radius 3 is 2.81 bits per heavy atom. The number of carbonyl (C=O) groups is 1. The van der Waals surface area contributed by atoms with Crippen molar-refractivity contribution in [2.75, 3.05) is 0 Å². The van der Waals surface area contributed by atoms with Gasteiger partial charge in [0.2, 0.25) is 0 Å². The first-order chi connectivity index (χ1) is 10.1. The molecule has 1 saturated carbocycles. The van der Waals surface area contributed by atoms with Crippen LogP contribution in [-0.2, 0) is 0 Å². The molecule has 0 radical (unpaired) electrons. The molecular weight excluding hydrogens is 268 g/mol. The van der Waals surface area contributed by atoms with Gasteiger partial charge in [0.25, 0.3) is 5.91 Å². The molecule has 2 unspecified atom stereocenters. The van der Waals surface area contributed by atoms with Gasteiger partial charge in [-0.1, -0.05) is 31.0 Å². The third-order valence-electron chi connectivity index (χ3n) is 4.02. The molecule has 2 aromatic rings. The van der Waals surface area contributed by atoms with Gasteiger partial charge in [-0.2, -0.15) is 0 Å². The molecule has 1 fully saturated rings.